The van der Waals surface area contributed by atoms with Gasteiger partial charge in [0.25, 0.3) is 5.91 Å². The predicted octanol–water partition coefficient (Wildman–Crippen LogP) is 0.829. The monoisotopic (exact) mass is 339 g/mol. The van der Waals surface area contributed by atoms with Crippen LogP contribution in [0.2, 0.25) is 0 Å². The third-order valence-electron chi connectivity index (χ3n) is 4.37. The number of para-hydroxylation sites is 1. The quantitative estimate of drug-likeness (QED) is 0.720. The smallest absolute Gasteiger partial charge is 0.346 e. The maximum Gasteiger partial charge on any atom is 0.346 e. The number of hydrogen-bond donors (Lipinski definition) is 2. The molecule has 1 aliphatic heterocycles. The van der Waals surface area contributed by atoms with Gasteiger partial charge < -0.3 is 15.0 Å². The Labute approximate surface area is 142 Å². The zero-order chi connectivity index (χ0) is 17.6. The molecule has 0 spiro atoms. The fraction of sp³-hybridized carbons (Fsp3) is 0.294. The second kappa shape index (κ2) is 5.82. The Kier molecular flexibility index (Phi) is 3.61. The van der Waals surface area contributed by atoms with E-state index < -0.39 is 11.8 Å². The summed E-state index contributed by atoms with van der Waals surface area (Å²) in [4.78, 5) is 32.9. The summed E-state index contributed by atoms with van der Waals surface area (Å²) in [5, 5.41) is 14.6. The molecule has 25 heavy (non-hydrogen) atoms. The van der Waals surface area contributed by atoms with Crippen LogP contribution in [0.1, 0.15) is 34.9 Å². The minimum atomic E-state index is -0.652. The number of aliphatic hydroxyl groups is 1. The minimum Gasteiger partial charge on any atom is -0.387 e. The maximum absolute atomic E-state index is 12.9. The molecule has 3 aromatic rings. The summed E-state index contributed by atoms with van der Waals surface area (Å²) in [6.07, 6.45) is -0.652. The van der Waals surface area contributed by atoms with Gasteiger partial charge in [-0.2, -0.15) is 10.1 Å². The van der Waals surface area contributed by atoms with E-state index in [4.69, 9.17) is 0 Å². The predicted molar refractivity (Wildman–Crippen MR) is 90.0 cm³/mol. The number of amides is 1. The van der Waals surface area contributed by atoms with Crippen LogP contribution in [0.5, 0.6) is 0 Å². The van der Waals surface area contributed by atoms with Gasteiger partial charge in [-0.25, -0.2) is 4.79 Å². The van der Waals surface area contributed by atoms with Gasteiger partial charge in [0.05, 0.1) is 36.1 Å². The van der Waals surface area contributed by atoms with Crippen molar-refractivity contribution < 1.29 is 9.90 Å². The average Bonchev–Trinajstić information content (AvgIpc) is 3.04. The van der Waals surface area contributed by atoms with Gasteiger partial charge in [-0.1, -0.05) is 18.2 Å². The van der Waals surface area contributed by atoms with Gasteiger partial charge in [-0.3, -0.25) is 9.48 Å². The molecule has 1 atom stereocenters. The number of nitrogens with zero attached hydrogens (tertiary/aromatic N) is 4. The third-order valence-corrected chi connectivity index (χ3v) is 4.37. The van der Waals surface area contributed by atoms with E-state index in [1.54, 1.807) is 46.8 Å². The van der Waals surface area contributed by atoms with Crippen LogP contribution in [0.3, 0.4) is 0 Å². The lowest BCUT2D eigenvalue weighted by atomic mass is 10.1. The fourth-order valence-corrected chi connectivity index (χ4v) is 3.08. The standard InChI is InChI=1S/C17H17N5O3/c1-10(23)14-8-11-9-21(6-7-22(11)20-14)16(24)15-12-4-2-3-5-13(12)18-17(25)19-15/h2-5,8,10,23H,6-7,9H2,1H3,(H,18,19,25). The highest BCUT2D eigenvalue weighted by atomic mass is 16.3. The van der Waals surface area contributed by atoms with E-state index in [-0.39, 0.29) is 11.6 Å². The summed E-state index contributed by atoms with van der Waals surface area (Å²) in [6, 6.07) is 8.91. The van der Waals surface area contributed by atoms with Crippen LogP contribution in [-0.2, 0) is 13.1 Å². The first kappa shape index (κ1) is 15.5. The van der Waals surface area contributed by atoms with Crippen LogP contribution in [-0.4, -0.2) is 42.2 Å². The van der Waals surface area contributed by atoms with Crippen molar-refractivity contribution in [3.05, 3.63) is 57.9 Å². The van der Waals surface area contributed by atoms with Crippen molar-refractivity contribution in [3.63, 3.8) is 0 Å². The zero-order valence-corrected chi connectivity index (χ0v) is 13.6. The molecule has 4 rings (SSSR count). The highest BCUT2D eigenvalue weighted by molar-refractivity contribution is 6.04. The Morgan fingerprint density at radius 1 is 1.32 bits per heavy atom. The van der Waals surface area contributed by atoms with Crippen LogP contribution < -0.4 is 5.69 Å². The number of nitrogens with one attached hydrogen (secondary N) is 1. The molecule has 8 nitrogen and oxygen atoms in total. The molecule has 1 amide bonds. The molecule has 128 valence electrons. The number of aromatic amines is 1. The number of hydrogen-bond acceptors (Lipinski definition) is 5. The van der Waals surface area contributed by atoms with Gasteiger partial charge in [-0.05, 0) is 19.1 Å². The summed E-state index contributed by atoms with van der Waals surface area (Å²) < 4.78 is 1.80. The molecule has 1 unspecified atom stereocenters. The molecule has 1 aromatic carbocycles. The Morgan fingerprint density at radius 3 is 2.92 bits per heavy atom. The molecule has 0 bridgehead atoms. The number of benzene rings is 1. The van der Waals surface area contributed by atoms with Crippen LogP contribution >= 0.6 is 0 Å². The van der Waals surface area contributed by atoms with E-state index in [0.717, 1.165) is 5.69 Å². The second-order valence-electron chi connectivity index (χ2n) is 6.12. The molecule has 2 aromatic heterocycles. The minimum absolute atomic E-state index is 0.156. The lowest BCUT2D eigenvalue weighted by molar-refractivity contribution is 0.0701. The van der Waals surface area contributed by atoms with Gasteiger partial charge in [0.1, 0.15) is 5.69 Å². The first-order valence-electron chi connectivity index (χ1n) is 8.06. The molecule has 0 saturated carbocycles. The molecule has 0 saturated heterocycles. The number of H-pyrrole nitrogens is 1. The normalized spacial score (nSPS) is 15.2. The van der Waals surface area contributed by atoms with Crippen molar-refractivity contribution in [3.8, 4) is 0 Å². The van der Waals surface area contributed by atoms with E-state index in [1.165, 1.54) is 0 Å². The maximum atomic E-state index is 12.9. The third kappa shape index (κ3) is 2.70. The van der Waals surface area contributed by atoms with Gasteiger partial charge in [0, 0.05) is 11.9 Å². The number of aromatic nitrogens is 4. The highest BCUT2D eigenvalue weighted by Crippen LogP contribution is 2.21. The number of carbonyl (C=O) groups is 1. The first-order chi connectivity index (χ1) is 12.0. The highest BCUT2D eigenvalue weighted by Gasteiger charge is 2.26. The van der Waals surface area contributed by atoms with Gasteiger partial charge in [-0.15, -0.1) is 0 Å². The number of fused-ring (bicyclic) bond motifs is 2. The van der Waals surface area contributed by atoms with Crippen molar-refractivity contribution in [2.75, 3.05) is 6.54 Å². The molecule has 2 N–H and O–H groups in total. The summed E-state index contributed by atoms with van der Waals surface area (Å²) in [7, 11) is 0. The Balaban J connectivity index is 1.69. The molecule has 0 radical (unpaired) electrons. The summed E-state index contributed by atoms with van der Waals surface area (Å²) in [5.41, 5.74) is 1.64. The number of aliphatic hydroxyl groups excluding tert-OH is 1. The zero-order valence-electron chi connectivity index (χ0n) is 13.6. The van der Waals surface area contributed by atoms with Gasteiger partial charge in [0.2, 0.25) is 0 Å². The first-order valence-corrected chi connectivity index (χ1v) is 8.06. The van der Waals surface area contributed by atoms with Gasteiger partial charge in [0.15, 0.2) is 0 Å². The van der Waals surface area contributed by atoms with E-state index in [2.05, 4.69) is 15.1 Å². The molecule has 1 aliphatic rings. The Morgan fingerprint density at radius 2 is 2.12 bits per heavy atom. The molecule has 3 heterocycles. The van der Waals surface area contributed by atoms with Crippen molar-refractivity contribution in [1.29, 1.82) is 0 Å². The number of rotatable bonds is 2. The van der Waals surface area contributed by atoms with E-state index in [1.807, 2.05) is 0 Å². The SMILES string of the molecule is CC(O)c1cc2n(n1)CCN(C(=O)c1nc(=O)[nH]c3ccccc13)C2. The molecule has 0 fully saturated rings. The second-order valence-corrected chi connectivity index (χ2v) is 6.12. The van der Waals surface area contributed by atoms with Crippen molar-refractivity contribution in [1.82, 2.24) is 24.6 Å². The van der Waals surface area contributed by atoms with Crippen LogP contribution in [0.4, 0.5) is 0 Å². The van der Waals surface area contributed by atoms with Gasteiger partial charge >= 0.3 is 5.69 Å². The largest absolute Gasteiger partial charge is 0.387 e. The van der Waals surface area contributed by atoms with Crippen molar-refractivity contribution in [2.24, 2.45) is 0 Å². The topological polar surface area (TPSA) is 104 Å². The van der Waals surface area contributed by atoms with Crippen LogP contribution in [0.25, 0.3) is 10.9 Å². The Bertz CT molecular complexity index is 1020. The lowest BCUT2D eigenvalue weighted by Gasteiger charge is -2.27. The van der Waals surface area contributed by atoms with E-state index in [0.29, 0.717) is 36.2 Å². The summed E-state index contributed by atoms with van der Waals surface area (Å²) in [5.74, 6) is -0.284. The van der Waals surface area contributed by atoms with E-state index >= 15 is 0 Å². The molecule has 8 heteroatoms. The summed E-state index contributed by atoms with van der Waals surface area (Å²) in [6.45, 7) is 3.02. The average molecular weight is 339 g/mol. The molecular formula is C17H17N5O3. The number of carbonyl (C=O) groups excluding carboxylic acids is 1. The summed E-state index contributed by atoms with van der Waals surface area (Å²) >= 11 is 0. The van der Waals surface area contributed by atoms with Crippen molar-refractivity contribution in [2.45, 2.75) is 26.1 Å². The lowest BCUT2D eigenvalue weighted by Crippen LogP contribution is -2.39. The van der Waals surface area contributed by atoms with Crippen LogP contribution in [0.15, 0.2) is 35.1 Å². The molecule has 0 aliphatic carbocycles. The van der Waals surface area contributed by atoms with Crippen molar-refractivity contribution >= 4 is 16.8 Å². The Hall–Kier alpha value is -3.00. The fourth-order valence-electron chi connectivity index (χ4n) is 3.08. The van der Waals surface area contributed by atoms with E-state index in [9.17, 15) is 14.7 Å². The van der Waals surface area contributed by atoms with Crippen LogP contribution in [0, 0.1) is 0 Å². The molecular weight excluding hydrogens is 322 g/mol.